The Morgan fingerprint density at radius 1 is 1.71 bits per heavy atom. The summed E-state index contributed by atoms with van der Waals surface area (Å²) >= 11 is 0. The third-order valence-electron chi connectivity index (χ3n) is 1.67. The first kappa shape index (κ1) is 9.92. The molecule has 1 rings (SSSR count). The first-order chi connectivity index (χ1) is 6.60. The highest BCUT2D eigenvalue weighted by molar-refractivity contribution is 5.49. The molecule has 0 bridgehead atoms. The van der Waals surface area contributed by atoms with E-state index in [1.54, 1.807) is 13.0 Å². The van der Waals surface area contributed by atoms with E-state index in [9.17, 15) is 10.1 Å². The maximum Gasteiger partial charge on any atom is 0.309 e. The van der Waals surface area contributed by atoms with Crippen LogP contribution in [0.15, 0.2) is 6.07 Å². The summed E-state index contributed by atoms with van der Waals surface area (Å²) in [4.78, 5) is 13.6. The molecule has 1 aromatic rings. The summed E-state index contributed by atoms with van der Waals surface area (Å²) in [6.45, 7) is 1.61. The van der Waals surface area contributed by atoms with Crippen LogP contribution in [-0.4, -0.2) is 17.0 Å². The van der Waals surface area contributed by atoms with Gasteiger partial charge in [0.05, 0.1) is 23.8 Å². The van der Waals surface area contributed by atoms with Crippen molar-refractivity contribution in [3.05, 3.63) is 27.6 Å². The van der Waals surface area contributed by atoms with E-state index >= 15 is 0 Å². The molecule has 14 heavy (non-hydrogen) atoms. The Morgan fingerprint density at radius 3 is 2.79 bits per heavy atom. The number of aromatic nitrogens is 1. The lowest BCUT2D eigenvalue weighted by Gasteiger charge is -2.03. The van der Waals surface area contributed by atoms with Gasteiger partial charge in [0.25, 0.3) is 0 Å². The van der Waals surface area contributed by atoms with Crippen molar-refractivity contribution in [1.82, 2.24) is 4.98 Å². The number of hydrogen-bond donors (Lipinski definition) is 0. The van der Waals surface area contributed by atoms with Gasteiger partial charge in [0.2, 0.25) is 5.69 Å². The molecule has 0 aliphatic rings. The second-order valence-corrected chi connectivity index (χ2v) is 2.51. The number of methoxy groups -OCH3 is 1. The predicted octanol–water partition coefficient (Wildman–Crippen LogP) is 1.18. The van der Waals surface area contributed by atoms with Gasteiger partial charge in [0.15, 0.2) is 0 Å². The Morgan fingerprint density at radius 2 is 2.36 bits per heavy atom. The summed E-state index contributed by atoms with van der Waals surface area (Å²) in [5.74, 6) is 0.302. The van der Waals surface area contributed by atoms with Crippen molar-refractivity contribution in [2.75, 3.05) is 7.11 Å². The summed E-state index contributed by atoms with van der Waals surface area (Å²) < 4.78 is 4.86. The van der Waals surface area contributed by atoms with E-state index in [0.717, 1.165) is 0 Å². The molecule has 0 fully saturated rings. The fraction of sp³-hybridized carbons (Fsp3) is 0.250. The minimum absolute atomic E-state index is 0.201. The SMILES string of the molecule is COc1cc([N+](=O)[O-])c(C#N)nc1C. The van der Waals surface area contributed by atoms with Crippen LogP contribution < -0.4 is 4.74 Å². The summed E-state index contributed by atoms with van der Waals surface area (Å²) in [7, 11) is 1.39. The molecule has 0 atom stereocenters. The van der Waals surface area contributed by atoms with E-state index in [0.29, 0.717) is 11.4 Å². The first-order valence-electron chi connectivity index (χ1n) is 3.70. The molecule has 6 heteroatoms. The number of nitrogens with zero attached hydrogens (tertiary/aromatic N) is 3. The van der Waals surface area contributed by atoms with Gasteiger partial charge in [0.1, 0.15) is 11.8 Å². The van der Waals surface area contributed by atoms with Crippen LogP contribution >= 0.6 is 0 Å². The Bertz CT molecular complexity index is 423. The lowest BCUT2D eigenvalue weighted by molar-refractivity contribution is -0.385. The molecule has 1 aromatic heterocycles. The summed E-state index contributed by atoms with van der Waals surface area (Å²) in [6.07, 6.45) is 0. The minimum Gasteiger partial charge on any atom is -0.495 e. The Balaban J connectivity index is 3.42. The Kier molecular flexibility index (Phi) is 2.62. The highest BCUT2D eigenvalue weighted by Gasteiger charge is 2.18. The van der Waals surface area contributed by atoms with Crippen LogP contribution in [0.5, 0.6) is 5.75 Å². The molecular formula is C8H7N3O3. The number of rotatable bonds is 2. The number of nitro groups is 1. The standard InChI is InChI=1S/C8H7N3O3/c1-5-8(14-2)3-7(11(12)13)6(4-9)10-5/h3H,1-2H3. The van der Waals surface area contributed by atoms with E-state index in [1.165, 1.54) is 13.2 Å². The Hall–Kier alpha value is -2.16. The number of ether oxygens (including phenoxy) is 1. The van der Waals surface area contributed by atoms with Gasteiger partial charge in [-0.25, -0.2) is 4.98 Å². The van der Waals surface area contributed by atoms with E-state index in [4.69, 9.17) is 10.00 Å². The van der Waals surface area contributed by atoms with Gasteiger partial charge in [-0.3, -0.25) is 10.1 Å². The molecule has 0 aliphatic heterocycles. The third-order valence-corrected chi connectivity index (χ3v) is 1.67. The molecule has 72 valence electrons. The molecule has 0 amide bonds. The quantitative estimate of drug-likeness (QED) is 0.519. The van der Waals surface area contributed by atoms with Crippen LogP contribution in [-0.2, 0) is 0 Å². The molecule has 0 N–H and O–H groups in total. The minimum atomic E-state index is -0.659. The van der Waals surface area contributed by atoms with Gasteiger partial charge in [-0.1, -0.05) is 0 Å². The summed E-state index contributed by atoms with van der Waals surface area (Å²) in [6, 6.07) is 2.86. The number of pyridine rings is 1. The third kappa shape index (κ3) is 1.61. The molecule has 0 aromatic carbocycles. The van der Waals surface area contributed by atoms with Crippen LogP contribution in [0.4, 0.5) is 5.69 Å². The molecule has 0 saturated carbocycles. The van der Waals surface area contributed by atoms with Gasteiger partial charge in [-0.15, -0.1) is 0 Å². The van der Waals surface area contributed by atoms with Crippen molar-refractivity contribution in [2.24, 2.45) is 0 Å². The van der Waals surface area contributed by atoms with Crippen LogP contribution in [0, 0.1) is 28.4 Å². The lowest BCUT2D eigenvalue weighted by Crippen LogP contribution is -1.99. The van der Waals surface area contributed by atoms with Crippen LogP contribution in [0.25, 0.3) is 0 Å². The molecule has 0 spiro atoms. The second kappa shape index (κ2) is 3.70. The molecule has 0 radical (unpaired) electrons. The topological polar surface area (TPSA) is 89.0 Å². The maximum atomic E-state index is 10.5. The molecule has 0 saturated heterocycles. The van der Waals surface area contributed by atoms with Crippen molar-refractivity contribution >= 4 is 5.69 Å². The van der Waals surface area contributed by atoms with Gasteiger partial charge < -0.3 is 4.74 Å². The summed E-state index contributed by atoms with van der Waals surface area (Å²) in [5, 5.41) is 19.1. The molecule has 1 heterocycles. The monoisotopic (exact) mass is 193 g/mol. The highest BCUT2D eigenvalue weighted by atomic mass is 16.6. The largest absolute Gasteiger partial charge is 0.495 e. The fourth-order valence-electron chi connectivity index (χ4n) is 1.01. The number of nitriles is 1. The van der Waals surface area contributed by atoms with Crippen molar-refractivity contribution < 1.29 is 9.66 Å². The zero-order chi connectivity index (χ0) is 10.7. The van der Waals surface area contributed by atoms with Gasteiger partial charge in [0, 0.05) is 0 Å². The van der Waals surface area contributed by atoms with Crippen LogP contribution in [0.2, 0.25) is 0 Å². The molecule has 0 unspecified atom stereocenters. The molecular weight excluding hydrogens is 186 g/mol. The van der Waals surface area contributed by atoms with Crippen molar-refractivity contribution in [2.45, 2.75) is 6.92 Å². The first-order valence-corrected chi connectivity index (χ1v) is 3.70. The molecule has 6 nitrogen and oxygen atoms in total. The van der Waals surface area contributed by atoms with Crippen LogP contribution in [0.3, 0.4) is 0 Å². The average Bonchev–Trinajstić information content (AvgIpc) is 2.16. The highest BCUT2D eigenvalue weighted by Crippen LogP contribution is 2.24. The van der Waals surface area contributed by atoms with E-state index < -0.39 is 4.92 Å². The van der Waals surface area contributed by atoms with Gasteiger partial charge in [-0.05, 0) is 6.92 Å². The fourth-order valence-corrected chi connectivity index (χ4v) is 1.01. The number of aryl methyl sites for hydroxylation is 1. The summed E-state index contributed by atoms with van der Waals surface area (Å²) in [5.41, 5.74) is -0.0853. The van der Waals surface area contributed by atoms with E-state index in [1.807, 2.05) is 0 Å². The Labute approximate surface area is 79.9 Å². The lowest BCUT2D eigenvalue weighted by atomic mass is 10.2. The average molecular weight is 193 g/mol. The molecule has 0 aliphatic carbocycles. The van der Waals surface area contributed by atoms with Crippen molar-refractivity contribution in [1.29, 1.82) is 5.26 Å². The zero-order valence-corrected chi connectivity index (χ0v) is 7.64. The normalized spacial score (nSPS) is 9.21. The smallest absolute Gasteiger partial charge is 0.309 e. The number of hydrogen-bond acceptors (Lipinski definition) is 5. The zero-order valence-electron chi connectivity index (χ0n) is 7.64. The predicted molar refractivity (Wildman–Crippen MR) is 46.9 cm³/mol. The van der Waals surface area contributed by atoms with Gasteiger partial charge >= 0.3 is 5.69 Å². The van der Waals surface area contributed by atoms with Gasteiger partial charge in [-0.2, -0.15) is 5.26 Å². The van der Waals surface area contributed by atoms with Crippen LogP contribution in [0.1, 0.15) is 11.4 Å². The van der Waals surface area contributed by atoms with E-state index in [2.05, 4.69) is 4.98 Å². The van der Waals surface area contributed by atoms with E-state index in [-0.39, 0.29) is 11.4 Å². The second-order valence-electron chi connectivity index (χ2n) is 2.51. The van der Waals surface area contributed by atoms with Crippen molar-refractivity contribution in [3.8, 4) is 11.8 Å². The van der Waals surface area contributed by atoms with Crippen molar-refractivity contribution in [3.63, 3.8) is 0 Å². The maximum absolute atomic E-state index is 10.5.